The molecule has 0 aliphatic carbocycles. The second kappa shape index (κ2) is 4.70. The van der Waals surface area contributed by atoms with Crippen LogP contribution < -0.4 is 0 Å². The van der Waals surface area contributed by atoms with Crippen LogP contribution in [0.4, 0.5) is 0 Å². The van der Waals surface area contributed by atoms with Gasteiger partial charge in [-0.05, 0) is 12.8 Å². The smallest absolute Gasteiger partial charge is 0.0548 e. The van der Waals surface area contributed by atoms with Crippen molar-refractivity contribution in [3.05, 3.63) is 5.32 Å². The van der Waals surface area contributed by atoms with Gasteiger partial charge < -0.3 is 10.1 Å². The van der Waals surface area contributed by atoms with Crippen molar-refractivity contribution in [3.63, 3.8) is 0 Å². The molecule has 1 aliphatic heterocycles. The van der Waals surface area contributed by atoms with Crippen molar-refractivity contribution in [2.75, 3.05) is 7.11 Å². The van der Waals surface area contributed by atoms with Crippen LogP contribution in [0.25, 0.3) is 5.32 Å². The number of ether oxygens (including phenoxy) is 1. The van der Waals surface area contributed by atoms with Gasteiger partial charge >= 0.3 is 0 Å². The number of nitrogens with zero attached hydrogens (tertiary/aromatic N) is 1. The first kappa shape index (κ1) is 14.0. The van der Waals surface area contributed by atoms with E-state index >= 15 is 0 Å². The van der Waals surface area contributed by atoms with Gasteiger partial charge in [0.2, 0.25) is 0 Å². The summed E-state index contributed by atoms with van der Waals surface area (Å²) in [5, 5.41) is 4.76. The molecule has 75 valence electrons. The minimum Gasteiger partial charge on any atom is -0.652 e. The van der Waals surface area contributed by atoms with E-state index < -0.39 is 0 Å². The number of hydrogen-bond acceptors (Lipinski definition) is 1. The van der Waals surface area contributed by atoms with Crippen molar-refractivity contribution in [3.8, 4) is 0 Å². The van der Waals surface area contributed by atoms with Gasteiger partial charge in [0.15, 0.2) is 0 Å². The molecule has 1 radical (unpaired) electrons. The second-order valence-electron chi connectivity index (χ2n) is 5.00. The van der Waals surface area contributed by atoms with Gasteiger partial charge in [-0.3, -0.25) is 0 Å². The summed E-state index contributed by atoms with van der Waals surface area (Å²) in [7, 11) is 1.79. The van der Waals surface area contributed by atoms with Crippen LogP contribution in [0.3, 0.4) is 0 Å². The van der Waals surface area contributed by atoms with Gasteiger partial charge in [0.05, 0.1) is 6.10 Å². The molecule has 0 amide bonds. The zero-order valence-electron chi connectivity index (χ0n) is 9.42. The molecule has 0 bridgehead atoms. The second-order valence-corrected chi connectivity index (χ2v) is 5.00. The fraction of sp³-hybridized carbons (Fsp3) is 1.00. The van der Waals surface area contributed by atoms with Gasteiger partial charge in [-0.15, -0.1) is 11.1 Å². The molecule has 0 aromatic carbocycles. The summed E-state index contributed by atoms with van der Waals surface area (Å²) in [4.78, 5) is 0. The van der Waals surface area contributed by atoms with Crippen LogP contribution >= 0.6 is 0 Å². The van der Waals surface area contributed by atoms with E-state index in [2.05, 4.69) is 27.7 Å². The summed E-state index contributed by atoms with van der Waals surface area (Å²) >= 11 is 0. The van der Waals surface area contributed by atoms with Crippen LogP contribution in [0.15, 0.2) is 0 Å². The first-order valence-corrected chi connectivity index (χ1v) is 4.61. The third-order valence-electron chi connectivity index (χ3n) is 2.39. The van der Waals surface area contributed by atoms with E-state index in [9.17, 15) is 0 Å². The molecule has 0 spiro atoms. The number of rotatable bonds is 1. The van der Waals surface area contributed by atoms with E-state index in [1.807, 2.05) is 0 Å². The SMILES string of the molecule is COC1CC(C)(C)[N-]C(C)(C)C1.[Y]. The first-order valence-electron chi connectivity index (χ1n) is 4.61. The molecule has 1 aliphatic rings. The first-order chi connectivity index (χ1) is 5.35. The molecule has 2 nitrogen and oxygen atoms in total. The Morgan fingerprint density at radius 3 is 1.77 bits per heavy atom. The molecule has 1 rings (SSSR count). The van der Waals surface area contributed by atoms with Crippen LogP contribution in [0.2, 0.25) is 0 Å². The molecule has 0 saturated carbocycles. The summed E-state index contributed by atoms with van der Waals surface area (Å²) in [6.07, 6.45) is 2.48. The van der Waals surface area contributed by atoms with Crippen molar-refractivity contribution in [1.82, 2.24) is 0 Å². The van der Waals surface area contributed by atoms with Crippen molar-refractivity contribution in [1.29, 1.82) is 0 Å². The monoisotopic (exact) mass is 259 g/mol. The van der Waals surface area contributed by atoms with E-state index in [1.165, 1.54) is 0 Å². The molecule has 1 heterocycles. The largest absolute Gasteiger partial charge is 0.652 e. The van der Waals surface area contributed by atoms with E-state index in [-0.39, 0.29) is 43.8 Å². The molecule has 1 saturated heterocycles. The van der Waals surface area contributed by atoms with Gasteiger partial charge in [-0.2, -0.15) is 0 Å². The van der Waals surface area contributed by atoms with Gasteiger partial charge in [0, 0.05) is 39.8 Å². The fourth-order valence-electron chi connectivity index (χ4n) is 2.26. The maximum absolute atomic E-state index is 5.40. The van der Waals surface area contributed by atoms with Crippen LogP contribution in [-0.4, -0.2) is 24.3 Å². The predicted octanol–water partition coefficient (Wildman–Crippen LogP) is 2.72. The summed E-state index contributed by atoms with van der Waals surface area (Å²) in [6.45, 7) is 8.72. The summed E-state index contributed by atoms with van der Waals surface area (Å²) < 4.78 is 5.40. The number of methoxy groups -OCH3 is 1. The molecule has 3 heteroatoms. The van der Waals surface area contributed by atoms with Gasteiger partial charge in [0.1, 0.15) is 0 Å². The van der Waals surface area contributed by atoms with E-state index in [4.69, 9.17) is 10.1 Å². The van der Waals surface area contributed by atoms with Crippen molar-refractivity contribution in [2.24, 2.45) is 0 Å². The normalized spacial score (nSPS) is 26.5. The molecule has 0 atom stereocenters. The Labute approximate surface area is 107 Å². The van der Waals surface area contributed by atoms with Crippen LogP contribution in [0.1, 0.15) is 40.5 Å². The molecular formula is C10H20NOY-. The Morgan fingerprint density at radius 2 is 1.46 bits per heavy atom. The Morgan fingerprint density at radius 1 is 1.08 bits per heavy atom. The van der Waals surface area contributed by atoms with Crippen LogP contribution in [-0.2, 0) is 37.4 Å². The maximum atomic E-state index is 5.40. The fourth-order valence-corrected chi connectivity index (χ4v) is 2.26. The average Bonchev–Trinajstić information content (AvgIpc) is 1.80. The molecule has 0 aromatic heterocycles. The minimum absolute atomic E-state index is 0. The summed E-state index contributed by atoms with van der Waals surface area (Å²) in [6, 6.07) is 0. The van der Waals surface area contributed by atoms with Crippen molar-refractivity contribution in [2.45, 2.75) is 57.7 Å². The number of hydrogen-bond donors (Lipinski definition) is 0. The average molecular weight is 259 g/mol. The van der Waals surface area contributed by atoms with Crippen molar-refractivity contribution >= 4 is 0 Å². The van der Waals surface area contributed by atoms with Gasteiger partial charge in [-0.25, -0.2) is 0 Å². The molecule has 0 N–H and O–H groups in total. The minimum atomic E-state index is 0. The zero-order chi connectivity index (χ0) is 9.41. The van der Waals surface area contributed by atoms with E-state index in [0.717, 1.165) is 12.8 Å². The number of piperidine rings is 1. The molecule has 0 unspecified atom stereocenters. The van der Waals surface area contributed by atoms with E-state index in [0.29, 0.717) is 6.10 Å². The standard InChI is InChI=1S/C10H20NO.Y/c1-9(2)6-8(12-5)7-10(3,4)11-9;/h8H,6-7H2,1-5H3;/q-1;. The predicted molar refractivity (Wildman–Crippen MR) is 51.5 cm³/mol. The van der Waals surface area contributed by atoms with Crippen LogP contribution in [0.5, 0.6) is 0 Å². The zero-order valence-corrected chi connectivity index (χ0v) is 12.3. The maximum Gasteiger partial charge on any atom is 0.0548 e. The molecule has 1 fully saturated rings. The third kappa shape index (κ3) is 4.37. The molecular weight excluding hydrogens is 239 g/mol. The van der Waals surface area contributed by atoms with Gasteiger partial charge in [0.25, 0.3) is 0 Å². The Bertz CT molecular complexity index is 152. The topological polar surface area (TPSA) is 23.3 Å². The van der Waals surface area contributed by atoms with E-state index in [1.54, 1.807) is 7.11 Å². The van der Waals surface area contributed by atoms with Crippen LogP contribution in [0, 0.1) is 0 Å². The van der Waals surface area contributed by atoms with Gasteiger partial charge in [-0.1, -0.05) is 27.7 Å². The Kier molecular flexibility index (Phi) is 5.07. The summed E-state index contributed by atoms with van der Waals surface area (Å²) in [5.74, 6) is 0. The quantitative estimate of drug-likeness (QED) is 0.710. The Balaban J connectivity index is 0.00000144. The Hall–Kier alpha value is 1.02. The molecule has 13 heavy (non-hydrogen) atoms. The molecule has 0 aromatic rings. The third-order valence-corrected chi connectivity index (χ3v) is 2.39. The summed E-state index contributed by atoms with van der Waals surface area (Å²) in [5.41, 5.74) is 0.171. The van der Waals surface area contributed by atoms with Crippen molar-refractivity contribution < 1.29 is 37.4 Å².